The Morgan fingerprint density at radius 1 is 1.30 bits per heavy atom. The number of nitrogens with one attached hydrogen (secondary N) is 2. The summed E-state index contributed by atoms with van der Waals surface area (Å²) in [5, 5.41) is 6.64. The molecule has 0 bridgehead atoms. The number of hydrogen-bond acceptors (Lipinski definition) is 2. The summed E-state index contributed by atoms with van der Waals surface area (Å²) in [6.07, 6.45) is 12.4. The van der Waals surface area contributed by atoms with E-state index in [1.54, 1.807) is 0 Å². The van der Waals surface area contributed by atoms with Crippen molar-refractivity contribution in [3.63, 3.8) is 0 Å². The van der Waals surface area contributed by atoms with E-state index >= 15 is 0 Å². The van der Waals surface area contributed by atoms with Gasteiger partial charge in [0.2, 0.25) is 5.91 Å². The van der Waals surface area contributed by atoms with Gasteiger partial charge in [0.25, 0.3) is 0 Å². The van der Waals surface area contributed by atoms with Gasteiger partial charge in [0, 0.05) is 13.1 Å². The van der Waals surface area contributed by atoms with E-state index in [9.17, 15) is 4.79 Å². The fraction of sp³-hybridized carbons (Fsp3) is 0.941. The molecule has 0 aromatic heterocycles. The minimum atomic E-state index is -0.125. The number of rotatable bonds is 7. The van der Waals surface area contributed by atoms with Crippen molar-refractivity contribution >= 4 is 5.91 Å². The Kier molecular flexibility index (Phi) is 6.34. The summed E-state index contributed by atoms with van der Waals surface area (Å²) in [7, 11) is 0. The molecular formula is C17H32N2O. The first-order valence-corrected chi connectivity index (χ1v) is 8.76. The SMILES string of the molecule is CCCC1(C(=O)NCCCC2CCCC2)CCCNC1. The third-order valence-electron chi connectivity index (χ3n) is 5.23. The molecule has 0 aromatic carbocycles. The van der Waals surface area contributed by atoms with Crippen LogP contribution in [0.4, 0.5) is 0 Å². The molecule has 1 saturated carbocycles. The third kappa shape index (κ3) is 4.21. The Morgan fingerprint density at radius 3 is 2.75 bits per heavy atom. The topological polar surface area (TPSA) is 41.1 Å². The van der Waals surface area contributed by atoms with Crippen molar-refractivity contribution in [3.8, 4) is 0 Å². The Morgan fingerprint density at radius 2 is 2.10 bits per heavy atom. The van der Waals surface area contributed by atoms with Gasteiger partial charge in [0.1, 0.15) is 0 Å². The lowest BCUT2D eigenvalue weighted by atomic mass is 9.76. The summed E-state index contributed by atoms with van der Waals surface area (Å²) < 4.78 is 0. The second-order valence-corrected chi connectivity index (χ2v) is 6.86. The van der Waals surface area contributed by atoms with Gasteiger partial charge in [-0.2, -0.15) is 0 Å². The summed E-state index contributed by atoms with van der Waals surface area (Å²) in [5.41, 5.74) is -0.125. The van der Waals surface area contributed by atoms with Crippen molar-refractivity contribution < 1.29 is 4.79 Å². The zero-order valence-electron chi connectivity index (χ0n) is 13.2. The third-order valence-corrected chi connectivity index (χ3v) is 5.23. The summed E-state index contributed by atoms with van der Waals surface area (Å²) >= 11 is 0. The predicted octanol–water partition coefficient (Wildman–Crippen LogP) is 3.24. The fourth-order valence-corrected chi connectivity index (χ4v) is 4.05. The van der Waals surface area contributed by atoms with Gasteiger partial charge < -0.3 is 10.6 Å². The second kappa shape index (κ2) is 8.02. The maximum Gasteiger partial charge on any atom is 0.227 e. The van der Waals surface area contributed by atoms with Crippen LogP contribution in [-0.2, 0) is 4.79 Å². The molecule has 1 atom stereocenters. The second-order valence-electron chi connectivity index (χ2n) is 6.86. The summed E-state index contributed by atoms with van der Waals surface area (Å²) in [6.45, 7) is 5.00. The van der Waals surface area contributed by atoms with Gasteiger partial charge >= 0.3 is 0 Å². The van der Waals surface area contributed by atoms with E-state index < -0.39 is 0 Å². The van der Waals surface area contributed by atoms with Crippen LogP contribution in [0.5, 0.6) is 0 Å². The van der Waals surface area contributed by atoms with Gasteiger partial charge in [-0.1, -0.05) is 39.0 Å². The van der Waals surface area contributed by atoms with Gasteiger partial charge in [-0.05, 0) is 44.6 Å². The highest BCUT2D eigenvalue weighted by Gasteiger charge is 2.38. The van der Waals surface area contributed by atoms with Gasteiger partial charge in [-0.15, -0.1) is 0 Å². The molecule has 0 spiro atoms. The molecule has 1 amide bonds. The molecule has 1 aliphatic carbocycles. The minimum Gasteiger partial charge on any atom is -0.356 e. The highest BCUT2D eigenvalue weighted by molar-refractivity contribution is 5.83. The lowest BCUT2D eigenvalue weighted by molar-refractivity contribution is -0.132. The molecule has 116 valence electrons. The van der Waals surface area contributed by atoms with E-state index in [-0.39, 0.29) is 5.41 Å². The normalized spacial score (nSPS) is 27.6. The maximum atomic E-state index is 12.6. The molecule has 20 heavy (non-hydrogen) atoms. The maximum absolute atomic E-state index is 12.6. The quantitative estimate of drug-likeness (QED) is 0.703. The van der Waals surface area contributed by atoms with Crippen molar-refractivity contribution in [2.24, 2.45) is 11.3 Å². The monoisotopic (exact) mass is 280 g/mol. The van der Waals surface area contributed by atoms with E-state index in [0.717, 1.165) is 57.7 Å². The van der Waals surface area contributed by atoms with Gasteiger partial charge in [-0.25, -0.2) is 0 Å². The van der Waals surface area contributed by atoms with Crippen molar-refractivity contribution in [1.82, 2.24) is 10.6 Å². The number of carbonyl (C=O) groups is 1. The molecule has 0 radical (unpaired) electrons. The van der Waals surface area contributed by atoms with Crippen LogP contribution in [-0.4, -0.2) is 25.5 Å². The van der Waals surface area contributed by atoms with Crippen molar-refractivity contribution in [2.75, 3.05) is 19.6 Å². The first kappa shape index (κ1) is 15.8. The molecule has 2 fully saturated rings. The van der Waals surface area contributed by atoms with E-state index in [1.807, 2.05) is 0 Å². The lowest BCUT2D eigenvalue weighted by Crippen LogP contribution is -2.50. The van der Waals surface area contributed by atoms with Crippen LogP contribution in [0, 0.1) is 11.3 Å². The molecule has 1 saturated heterocycles. The zero-order valence-corrected chi connectivity index (χ0v) is 13.2. The standard InChI is InChI=1S/C17H32N2O/c1-2-10-17(11-6-12-18-14-17)16(20)19-13-5-9-15-7-3-4-8-15/h15,18H,2-14H2,1H3,(H,19,20). The minimum absolute atomic E-state index is 0.125. The Balaban J connectivity index is 1.70. The lowest BCUT2D eigenvalue weighted by Gasteiger charge is -2.36. The number of hydrogen-bond donors (Lipinski definition) is 2. The molecule has 3 heteroatoms. The van der Waals surface area contributed by atoms with Crippen LogP contribution in [0.2, 0.25) is 0 Å². The van der Waals surface area contributed by atoms with Gasteiger partial charge in [0.05, 0.1) is 5.41 Å². The average Bonchev–Trinajstić information content (AvgIpc) is 2.98. The average molecular weight is 280 g/mol. The molecule has 0 aromatic rings. The Bertz CT molecular complexity index is 286. The smallest absolute Gasteiger partial charge is 0.227 e. The Labute approximate surface area is 124 Å². The van der Waals surface area contributed by atoms with E-state index in [2.05, 4.69) is 17.6 Å². The highest BCUT2D eigenvalue weighted by Crippen LogP contribution is 2.32. The number of amides is 1. The summed E-state index contributed by atoms with van der Waals surface area (Å²) in [6, 6.07) is 0. The molecule has 1 unspecified atom stereocenters. The van der Waals surface area contributed by atoms with Crippen molar-refractivity contribution in [3.05, 3.63) is 0 Å². The van der Waals surface area contributed by atoms with Gasteiger partial charge in [-0.3, -0.25) is 4.79 Å². The van der Waals surface area contributed by atoms with E-state index in [0.29, 0.717) is 5.91 Å². The predicted molar refractivity (Wildman–Crippen MR) is 83.6 cm³/mol. The van der Waals surface area contributed by atoms with E-state index in [1.165, 1.54) is 32.1 Å². The molecular weight excluding hydrogens is 248 g/mol. The van der Waals surface area contributed by atoms with Gasteiger partial charge in [0.15, 0.2) is 0 Å². The highest BCUT2D eigenvalue weighted by atomic mass is 16.2. The largest absolute Gasteiger partial charge is 0.356 e. The number of piperidine rings is 1. The van der Waals surface area contributed by atoms with Crippen LogP contribution >= 0.6 is 0 Å². The first-order valence-electron chi connectivity index (χ1n) is 8.76. The van der Waals surface area contributed by atoms with Crippen molar-refractivity contribution in [1.29, 1.82) is 0 Å². The van der Waals surface area contributed by atoms with Crippen LogP contribution in [0.1, 0.15) is 71.1 Å². The molecule has 2 N–H and O–H groups in total. The fourth-order valence-electron chi connectivity index (χ4n) is 4.05. The Hall–Kier alpha value is -0.570. The van der Waals surface area contributed by atoms with Crippen LogP contribution in [0.3, 0.4) is 0 Å². The molecule has 2 rings (SSSR count). The molecule has 3 nitrogen and oxygen atoms in total. The summed E-state index contributed by atoms with van der Waals surface area (Å²) in [4.78, 5) is 12.6. The van der Waals surface area contributed by atoms with Crippen LogP contribution < -0.4 is 10.6 Å². The van der Waals surface area contributed by atoms with Crippen LogP contribution in [0.25, 0.3) is 0 Å². The van der Waals surface area contributed by atoms with E-state index in [4.69, 9.17) is 0 Å². The summed E-state index contributed by atoms with van der Waals surface area (Å²) in [5.74, 6) is 1.24. The molecule has 1 heterocycles. The first-order chi connectivity index (χ1) is 9.77. The zero-order chi connectivity index (χ0) is 14.3. The van der Waals surface area contributed by atoms with Crippen LogP contribution in [0.15, 0.2) is 0 Å². The molecule has 2 aliphatic rings. The number of carbonyl (C=O) groups excluding carboxylic acids is 1. The molecule has 1 aliphatic heterocycles. The van der Waals surface area contributed by atoms with Crippen molar-refractivity contribution in [2.45, 2.75) is 71.1 Å².